The second-order valence-corrected chi connectivity index (χ2v) is 9.38. The van der Waals surface area contributed by atoms with Crippen molar-refractivity contribution in [3.63, 3.8) is 0 Å². The van der Waals surface area contributed by atoms with Gasteiger partial charge in [-0.1, -0.05) is 18.2 Å². The molecule has 1 atom stereocenters. The molecule has 2 aliphatic rings. The maximum Gasteiger partial charge on any atom is 0.490 e. The Hall–Kier alpha value is -2.64. The van der Waals surface area contributed by atoms with Gasteiger partial charge in [-0.15, -0.1) is 0 Å². The van der Waals surface area contributed by atoms with Crippen molar-refractivity contribution in [2.24, 2.45) is 5.73 Å². The summed E-state index contributed by atoms with van der Waals surface area (Å²) in [6, 6.07) is 7.11. The lowest BCUT2D eigenvalue weighted by molar-refractivity contribution is -0.192. The number of nitrogens with zero attached hydrogens (tertiary/aromatic N) is 1. The highest BCUT2D eigenvalue weighted by atomic mass is 32.2. The van der Waals surface area contributed by atoms with Crippen LogP contribution in [0.1, 0.15) is 12.0 Å². The zero-order valence-electron chi connectivity index (χ0n) is 15.5. The topological polar surface area (TPSA) is 150 Å². The van der Waals surface area contributed by atoms with Gasteiger partial charge in [-0.25, -0.2) is 18.7 Å². The molecule has 1 aromatic carbocycles. The quantitative estimate of drug-likeness (QED) is 0.296. The Bertz CT molecular complexity index is 942. The van der Waals surface area contributed by atoms with E-state index in [0.717, 1.165) is 11.3 Å². The van der Waals surface area contributed by atoms with Crippen molar-refractivity contribution < 1.29 is 41.5 Å². The number of hydrogen-bond acceptors (Lipinski definition) is 7. The van der Waals surface area contributed by atoms with Crippen LogP contribution in [0.25, 0.3) is 6.08 Å². The summed E-state index contributed by atoms with van der Waals surface area (Å²) in [4.78, 5) is 22.0. The molecular formula is C17H20F3N3O6S. The third-order valence-electron chi connectivity index (χ3n) is 4.73. The standard InChI is InChI=1S/C15H19N3O4S.C2HF3O2/c16-12-7-15(23(21,22)8-12)9-18(10-15)13-4-2-1-3-11(13)5-6-14(19)17-20;3-2(4,5)1(6)7/h1-6,12,20H,7-10,16H2,(H,17,19);(H,6,7). The van der Waals surface area contributed by atoms with Crippen LogP contribution in [0.15, 0.2) is 30.3 Å². The lowest BCUT2D eigenvalue weighted by atomic mass is 9.91. The van der Waals surface area contributed by atoms with E-state index in [2.05, 4.69) is 0 Å². The minimum Gasteiger partial charge on any atom is -0.475 e. The summed E-state index contributed by atoms with van der Waals surface area (Å²) in [5.41, 5.74) is 9.00. The molecule has 1 aromatic rings. The Morgan fingerprint density at radius 1 is 1.27 bits per heavy atom. The van der Waals surface area contributed by atoms with E-state index >= 15 is 0 Å². The normalized spacial score (nSPS) is 21.6. The monoisotopic (exact) mass is 451 g/mol. The smallest absolute Gasteiger partial charge is 0.475 e. The van der Waals surface area contributed by atoms with E-state index in [1.54, 1.807) is 6.08 Å². The molecule has 2 heterocycles. The van der Waals surface area contributed by atoms with Gasteiger partial charge >= 0.3 is 12.1 Å². The van der Waals surface area contributed by atoms with Gasteiger partial charge in [0.15, 0.2) is 9.84 Å². The molecular weight excluding hydrogens is 431 g/mol. The van der Waals surface area contributed by atoms with E-state index in [1.807, 2.05) is 29.2 Å². The van der Waals surface area contributed by atoms with Gasteiger partial charge in [0.1, 0.15) is 4.75 Å². The van der Waals surface area contributed by atoms with E-state index in [0.29, 0.717) is 19.5 Å². The fourth-order valence-electron chi connectivity index (χ4n) is 3.39. The minimum atomic E-state index is -5.08. The maximum absolute atomic E-state index is 12.3. The Labute approximate surface area is 169 Å². The molecule has 9 nitrogen and oxygen atoms in total. The molecule has 3 rings (SSSR count). The van der Waals surface area contributed by atoms with Gasteiger partial charge in [-0.2, -0.15) is 13.2 Å². The van der Waals surface area contributed by atoms with Crippen LogP contribution in [0, 0.1) is 0 Å². The molecule has 5 N–H and O–H groups in total. The number of alkyl halides is 3. The fourth-order valence-corrected chi connectivity index (χ4v) is 5.60. The predicted molar refractivity (Wildman–Crippen MR) is 100 cm³/mol. The maximum atomic E-state index is 12.3. The lowest BCUT2D eigenvalue weighted by Gasteiger charge is -2.48. The van der Waals surface area contributed by atoms with Crippen LogP contribution in [0.4, 0.5) is 18.9 Å². The molecule has 0 aliphatic carbocycles. The number of amides is 1. The van der Waals surface area contributed by atoms with Crippen LogP contribution in [0.5, 0.6) is 0 Å². The molecule has 1 amide bonds. The number of nitrogens with two attached hydrogens (primary N) is 1. The van der Waals surface area contributed by atoms with E-state index in [1.165, 1.54) is 11.6 Å². The molecule has 0 aromatic heterocycles. The number of carboxylic acids is 1. The van der Waals surface area contributed by atoms with Crippen molar-refractivity contribution in [1.29, 1.82) is 0 Å². The number of para-hydroxylation sites is 1. The molecule has 30 heavy (non-hydrogen) atoms. The highest BCUT2D eigenvalue weighted by Crippen LogP contribution is 2.42. The largest absolute Gasteiger partial charge is 0.490 e. The Morgan fingerprint density at radius 2 is 1.83 bits per heavy atom. The van der Waals surface area contributed by atoms with Crippen LogP contribution in [-0.4, -0.2) is 66.4 Å². The van der Waals surface area contributed by atoms with Gasteiger partial charge in [0, 0.05) is 30.9 Å². The second-order valence-electron chi connectivity index (χ2n) is 6.96. The number of nitrogens with one attached hydrogen (secondary N) is 1. The van der Waals surface area contributed by atoms with Crippen molar-refractivity contribution in [1.82, 2.24) is 5.48 Å². The summed E-state index contributed by atoms with van der Waals surface area (Å²) in [6.45, 7) is 0.833. The summed E-state index contributed by atoms with van der Waals surface area (Å²) in [5, 5.41) is 15.7. The molecule has 1 unspecified atom stereocenters. The molecule has 166 valence electrons. The number of aliphatic carboxylic acids is 1. The second kappa shape index (κ2) is 8.62. The fraction of sp³-hybridized carbons (Fsp3) is 0.412. The van der Waals surface area contributed by atoms with Crippen LogP contribution < -0.4 is 16.1 Å². The first-order valence-electron chi connectivity index (χ1n) is 8.55. The number of rotatable bonds is 3. The predicted octanol–water partition coefficient (Wildman–Crippen LogP) is 0.543. The van der Waals surface area contributed by atoms with E-state index in [9.17, 15) is 26.4 Å². The van der Waals surface area contributed by atoms with Crippen molar-refractivity contribution in [3.8, 4) is 0 Å². The SMILES string of the molecule is NC1CC2(CN(c3ccccc3C=CC(=O)NO)C2)S(=O)(=O)C1.O=C(O)C(F)(F)F. The molecule has 2 aliphatic heterocycles. The van der Waals surface area contributed by atoms with E-state index in [4.69, 9.17) is 20.8 Å². The molecule has 0 saturated carbocycles. The number of benzene rings is 1. The Kier molecular flexibility index (Phi) is 6.79. The van der Waals surface area contributed by atoms with Gasteiger partial charge in [-0.3, -0.25) is 10.0 Å². The average molecular weight is 451 g/mol. The number of carbonyl (C=O) groups excluding carboxylic acids is 1. The lowest BCUT2D eigenvalue weighted by Crippen LogP contribution is -2.64. The summed E-state index contributed by atoms with van der Waals surface area (Å²) >= 11 is 0. The molecule has 13 heteroatoms. The van der Waals surface area contributed by atoms with Gasteiger partial charge in [0.25, 0.3) is 5.91 Å². The highest BCUT2D eigenvalue weighted by Gasteiger charge is 2.58. The van der Waals surface area contributed by atoms with Crippen molar-refractivity contribution >= 4 is 33.5 Å². The first kappa shape index (κ1) is 23.6. The number of hydroxylamine groups is 1. The molecule has 2 fully saturated rings. The van der Waals surface area contributed by atoms with Crippen molar-refractivity contribution in [2.75, 3.05) is 23.7 Å². The number of halogens is 3. The first-order chi connectivity index (χ1) is 13.8. The number of sulfone groups is 1. The van der Waals surface area contributed by atoms with Gasteiger partial charge < -0.3 is 15.7 Å². The van der Waals surface area contributed by atoms with Crippen LogP contribution in [0.2, 0.25) is 0 Å². The summed E-state index contributed by atoms with van der Waals surface area (Å²) in [6.07, 6.45) is -1.78. The van der Waals surface area contributed by atoms with Gasteiger partial charge in [0.05, 0.1) is 5.75 Å². The van der Waals surface area contributed by atoms with Crippen LogP contribution in [0.3, 0.4) is 0 Å². The molecule has 0 radical (unpaired) electrons. The summed E-state index contributed by atoms with van der Waals surface area (Å²) in [7, 11) is -3.16. The average Bonchev–Trinajstić information content (AvgIpc) is 2.86. The van der Waals surface area contributed by atoms with E-state index in [-0.39, 0.29) is 11.8 Å². The molecule has 1 spiro atoms. The van der Waals surface area contributed by atoms with Gasteiger partial charge in [-0.05, 0) is 24.1 Å². The molecule has 2 saturated heterocycles. The summed E-state index contributed by atoms with van der Waals surface area (Å²) in [5.74, 6) is -3.32. The Morgan fingerprint density at radius 3 is 2.30 bits per heavy atom. The number of hydrogen-bond donors (Lipinski definition) is 4. The van der Waals surface area contributed by atoms with Crippen LogP contribution >= 0.6 is 0 Å². The van der Waals surface area contributed by atoms with Gasteiger partial charge in [0.2, 0.25) is 0 Å². The Balaban J connectivity index is 0.000000396. The summed E-state index contributed by atoms with van der Waals surface area (Å²) < 4.78 is 55.6. The number of carboxylic acid groups (broad SMARTS) is 1. The number of carbonyl (C=O) groups is 2. The van der Waals surface area contributed by atoms with Crippen LogP contribution in [-0.2, 0) is 19.4 Å². The number of anilines is 1. The third kappa shape index (κ3) is 5.09. The van der Waals surface area contributed by atoms with E-state index < -0.39 is 32.6 Å². The minimum absolute atomic E-state index is 0.0546. The zero-order chi connectivity index (χ0) is 22.7. The highest BCUT2D eigenvalue weighted by molar-refractivity contribution is 7.93. The zero-order valence-corrected chi connectivity index (χ0v) is 16.3. The third-order valence-corrected chi connectivity index (χ3v) is 7.34. The van der Waals surface area contributed by atoms with Crippen molar-refractivity contribution in [3.05, 3.63) is 35.9 Å². The van der Waals surface area contributed by atoms with Crippen molar-refractivity contribution in [2.45, 2.75) is 23.4 Å². The molecule has 0 bridgehead atoms. The first-order valence-corrected chi connectivity index (χ1v) is 10.2.